The number of hydrogen-bond donors (Lipinski definition) is 1. The largest absolute Gasteiger partial charge is 0.493 e. The number of rotatable bonds is 7. The predicted molar refractivity (Wildman–Crippen MR) is 190 cm³/mol. The fourth-order valence-electron chi connectivity index (χ4n) is 6.77. The molecule has 51 heavy (non-hydrogen) atoms. The van der Waals surface area contributed by atoms with Crippen molar-refractivity contribution in [2.75, 3.05) is 72.1 Å². The molecule has 2 aromatic heterocycles. The normalized spacial score (nSPS) is 17.1. The van der Waals surface area contributed by atoms with Gasteiger partial charge in [0, 0.05) is 82.5 Å². The van der Waals surface area contributed by atoms with E-state index in [-0.39, 0.29) is 62.8 Å². The van der Waals surface area contributed by atoms with Crippen molar-refractivity contribution >= 4 is 34.4 Å². The molecule has 4 heterocycles. The van der Waals surface area contributed by atoms with Crippen LogP contribution in [0.2, 0.25) is 0 Å². The molecule has 4 aromatic rings. The number of nitrogens with one attached hydrogen (secondary N) is 1. The summed E-state index contributed by atoms with van der Waals surface area (Å²) in [6.45, 7) is 2.43. The van der Waals surface area contributed by atoms with E-state index in [9.17, 15) is 14.4 Å². The van der Waals surface area contributed by atoms with Crippen LogP contribution in [0.25, 0.3) is 10.9 Å². The number of pyridine rings is 1. The van der Waals surface area contributed by atoms with Gasteiger partial charge in [-0.2, -0.15) is 5.10 Å². The van der Waals surface area contributed by atoms with Gasteiger partial charge in [0.2, 0.25) is 11.7 Å². The Labute approximate surface area is 297 Å². The number of ether oxygens (including phenoxy) is 4. The van der Waals surface area contributed by atoms with Gasteiger partial charge in [-0.3, -0.25) is 19.1 Å². The van der Waals surface area contributed by atoms with Crippen LogP contribution in [0, 0.1) is 5.92 Å². The molecule has 2 aliphatic heterocycles. The highest BCUT2D eigenvalue weighted by Crippen LogP contribution is 2.44. The van der Waals surface area contributed by atoms with Crippen molar-refractivity contribution in [1.29, 1.82) is 0 Å². The quantitative estimate of drug-likeness (QED) is 0.306. The van der Waals surface area contributed by atoms with Gasteiger partial charge >= 0.3 is 0 Å². The molecule has 1 fully saturated rings. The van der Waals surface area contributed by atoms with E-state index in [1.807, 2.05) is 30.3 Å². The summed E-state index contributed by atoms with van der Waals surface area (Å²) in [5.41, 5.74) is 1.83. The van der Waals surface area contributed by atoms with Crippen molar-refractivity contribution in [2.45, 2.75) is 25.8 Å². The van der Waals surface area contributed by atoms with E-state index in [1.54, 1.807) is 62.6 Å². The number of piperidine rings is 1. The Morgan fingerprint density at radius 1 is 0.941 bits per heavy atom. The minimum Gasteiger partial charge on any atom is -0.493 e. The van der Waals surface area contributed by atoms with Crippen LogP contribution < -0.4 is 29.2 Å². The average molecular weight is 700 g/mol. The van der Waals surface area contributed by atoms with E-state index in [2.05, 4.69) is 15.3 Å². The fourth-order valence-corrected chi connectivity index (χ4v) is 6.77. The lowest BCUT2D eigenvalue weighted by Gasteiger charge is -2.35. The molecule has 270 valence electrons. The SMILES string of the molecule is COc1cc2nc3c(cc2c(OC)c1OC)CN(C(=O)COc1ccccc1)CCN(C(=O)c1ccnn1C)CCC(=O)NCC1CCCN3C1. The highest BCUT2D eigenvalue weighted by atomic mass is 16.5. The maximum atomic E-state index is 14.1. The number of fused-ring (bicyclic) bond motifs is 5. The first kappa shape index (κ1) is 35.3. The number of amides is 3. The molecular weight excluding hydrogens is 654 g/mol. The van der Waals surface area contributed by atoms with Crippen molar-refractivity contribution in [3.63, 3.8) is 0 Å². The molecule has 14 heteroatoms. The Morgan fingerprint density at radius 3 is 2.45 bits per heavy atom. The van der Waals surface area contributed by atoms with Crippen molar-refractivity contribution in [3.05, 3.63) is 66.0 Å². The maximum absolute atomic E-state index is 14.1. The summed E-state index contributed by atoms with van der Waals surface area (Å²) < 4.78 is 24.6. The molecular formula is C37H45N7O7. The number of benzene rings is 2. The summed E-state index contributed by atoms with van der Waals surface area (Å²) in [5, 5.41) is 7.97. The number of carbonyl (C=O) groups excluding carboxylic acids is 3. The molecule has 0 spiro atoms. The molecule has 2 bridgehead atoms. The molecule has 0 aliphatic carbocycles. The summed E-state index contributed by atoms with van der Waals surface area (Å²) in [5.74, 6) is 2.20. The van der Waals surface area contributed by atoms with E-state index < -0.39 is 0 Å². The van der Waals surface area contributed by atoms with Crippen LogP contribution in [0.4, 0.5) is 5.82 Å². The van der Waals surface area contributed by atoms with Crippen LogP contribution in [0.5, 0.6) is 23.0 Å². The van der Waals surface area contributed by atoms with Crippen molar-refractivity contribution < 1.29 is 33.3 Å². The third-order valence-corrected chi connectivity index (χ3v) is 9.48. The Hall–Kier alpha value is -5.53. The van der Waals surface area contributed by atoms with E-state index in [0.29, 0.717) is 52.7 Å². The Bertz CT molecular complexity index is 1870. The number of methoxy groups -OCH3 is 3. The minimum absolute atomic E-state index is 0.127. The number of para-hydroxylation sites is 1. The first-order valence-corrected chi connectivity index (χ1v) is 17.2. The van der Waals surface area contributed by atoms with Crippen molar-refractivity contribution in [3.8, 4) is 23.0 Å². The number of hydrogen-bond acceptors (Lipinski definition) is 10. The molecule has 1 N–H and O–H groups in total. The summed E-state index contributed by atoms with van der Waals surface area (Å²) in [4.78, 5) is 51.7. The van der Waals surface area contributed by atoms with Crippen molar-refractivity contribution in [1.82, 2.24) is 29.9 Å². The maximum Gasteiger partial charge on any atom is 0.272 e. The zero-order chi connectivity index (χ0) is 35.9. The van der Waals surface area contributed by atoms with Crippen LogP contribution in [0.3, 0.4) is 0 Å². The standard InChI is InChI=1S/C37H45N7O7/c1-41-30(12-14-39-41)37(47)42-16-13-32(45)38-21-25-9-8-15-44(22-25)36-26(19-28-29(40-36)20-31(48-2)35(50-4)34(28)49-3)23-43(18-17-42)33(46)24-51-27-10-6-5-7-11-27/h5-7,10-12,14,19-20,25H,8-9,13,15-18,21-24H2,1-4H3,(H,38,45). The lowest BCUT2D eigenvalue weighted by Crippen LogP contribution is -2.44. The third kappa shape index (κ3) is 7.95. The number of aromatic nitrogens is 3. The van der Waals surface area contributed by atoms with Crippen LogP contribution in [-0.2, 0) is 23.2 Å². The second kappa shape index (κ2) is 16.0. The van der Waals surface area contributed by atoms with Crippen LogP contribution in [-0.4, -0.2) is 109 Å². The van der Waals surface area contributed by atoms with Crippen LogP contribution in [0.1, 0.15) is 35.3 Å². The summed E-state index contributed by atoms with van der Waals surface area (Å²) in [7, 11) is 6.39. The van der Waals surface area contributed by atoms with Gasteiger partial charge in [-0.05, 0) is 43.0 Å². The smallest absolute Gasteiger partial charge is 0.272 e. The number of carbonyl (C=O) groups is 3. The fraction of sp³-hybridized carbons (Fsp3) is 0.432. The molecule has 3 amide bonds. The highest BCUT2D eigenvalue weighted by molar-refractivity contribution is 5.93. The first-order chi connectivity index (χ1) is 24.8. The Kier molecular flexibility index (Phi) is 11.1. The van der Waals surface area contributed by atoms with Crippen LogP contribution >= 0.6 is 0 Å². The van der Waals surface area contributed by atoms with Gasteiger partial charge in [-0.25, -0.2) is 4.98 Å². The molecule has 6 rings (SSSR count). The summed E-state index contributed by atoms with van der Waals surface area (Å²) in [6.07, 6.45) is 3.55. The highest BCUT2D eigenvalue weighted by Gasteiger charge is 2.29. The van der Waals surface area contributed by atoms with Crippen LogP contribution in [0.15, 0.2) is 54.7 Å². The van der Waals surface area contributed by atoms with Gasteiger partial charge < -0.3 is 39.0 Å². The third-order valence-electron chi connectivity index (χ3n) is 9.48. The van der Waals surface area contributed by atoms with E-state index in [0.717, 1.165) is 30.8 Å². The molecule has 0 saturated carbocycles. The average Bonchev–Trinajstić information content (AvgIpc) is 3.59. The molecule has 1 saturated heterocycles. The molecule has 0 radical (unpaired) electrons. The second-order valence-electron chi connectivity index (χ2n) is 12.7. The monoisotopic (exact) mass is 699 g/mol. The summed E-state index contributed by atoms with van der Waals surface area (Å²) >= 11 is 0. The number of nitrogens with zero attached hydrogens (tertiary/aromatic N) is 6. The van der Waals surface area contributed by atoms with Gasteiger partial charge in [0.15, 0.2) is 18.1 Å². The first-order valence-electron chi connectivity index (χ1n) is 17.2. The number of aryl methyl sites for hydroxylation is 1. The van der Waals surface area contributed by atoms with Gasteiger partial charge in [0.1, 0.15) is 17.3 Å². The molecule has 14 nitrogen and oxygen atoms in total. The van der Waals surface area contributed by atoms with Gasteiger partial charge in [0.25, 0.3) is 11.8 Å². The van der Waals surface area contributed by atoms with Gasteiger partial charge in [0.05, 0.1) is 26.8 Å². The van der Waals surface area contributed by atoms with Gasteiger partial charge in [-0.1, -0.05) is 18.2 Å². The topological polar surface area (TPSA) is 141 Å². The molecule has 2 aliphatic rings. The second-order valence-corrected chi connectivity index (χ2v) is 12.7. The Balaban J connectivity index is 1.44. The minimum atomic E-state index is -0.277. The zero-order valence-corrected chi connectivity index (χ0v) is 29.6. The van der Waals surface area contributed by atoms with Gasteiger partial charge in [-0.15, -0.1) is 0 Å². The molecule has 2 aromatic carbocycles. The number of anilines is 1. The molecule has 1 unspecified atom stereocenters. The van der Waals surface area contributed by atoms with E-state index in [1.165, 1.54) is 4.68 Å². The molecule has 1 atom stereocenters. The Morgan fingerprint density at radius 2 is 1.73 bits per heavy atom. The van der Waals surface area contributed by atoms with E-state index >= 15 is 0 Å². The lowest BCUT2D eigenvalue weighted by molar-refractivity contribution is -0.134. The predicted octanol–water partition coefficient (Wildman–Crippen LogP) is 3.28. The zero-order valence-electron chi connectivity index (χ0n) is 29.6. The summed E-state index contributed by atoms with van der Waals surface area (Å²) in [6, 6.07) is 14.6. The lowest BCUT2D eigenvalue weighted by atomic mass is 9.97. The van der Waals surface area contributed by atoms with E-state index in [4.69, 9.17) is 23.9 Å². The van der Waals surface area contributed by atoms with Crippen molar-refractivity contribution in [2.24, 2.45) is 13.0 Å².